The lowest BCUT2D eigenvalue weighted by Gasteiger charge is -2.44. The third kappa shape index (κ3) is 2.48. The Balaban J connectivity index is 1.36. The van der Waals surface area contributed by atoms with Crippen LogP contribution in [0.3, 0.4) is 0 Å². The number of benzene rings is 1. The monoisotopic (exact) mass is 300 g/mol. The highest BCUT2D eigenvalue weighted by molar-refractivity contribution is 6.03. The van der Waals surface area contributed by atoms with E-state index in [-0.39, 0.29) is 12.7 Å². The van der Waals surface area contributed by atoms with Gasteiger partial charge in [0.2, 0.25) is 0 Å². The minimum atomic E-state index is -0.305. The number of esters is 1. The Bertz CT molecular complexity index is 676. The smallest absolute Gasteiger partial charge is 0.340 e. The number of nitrogens with zero attached hydrogens (tertiary/aromatic N) is 2. The van der Waals surface area contributed by atoms with Gasteiger partial charge in [0.25, 0.3) is 0 Å². The molecule has 1 atom stereocenters. The topological polar surface area (TPSA) is 70.2 Å². The Morgan fingerprint density at radius 3 is 3.05 bits per heavy atom. The highest BCUT2D eigenvalue weighted by Crippen LogP contribution is 2.27. The summed E-state index contributed by atoms with van der Waals surface area (Å²) in [5, 5.41) is 11.0. The van der Waals surface area contributed by atoms with E-state index in [0.717, 1.165) is 23.4 Å². The van der Waals surface area contributed by atoms with Gasteiger partial charge in [0.15, 0.2) is 0 Å². The van der Waals surface area contributed by atoms with Crippen molar-refractivity contribution in [2.24, 2.45) is 5.92 Å². The van der Waals surface area contributed by atoms with E-state index in [0.29, 0.717) is 11.6 Å². The molecule has 2 bridgehead atoms. The molecule has 1 aromatic heterocycles. The van der Waals surface area contributed by atoms with E-state index in [2.05, 4.69) is 20.4 Å². The molecule has 0 spiro atoms. The van der Waals surface area contributed by atoms with Crippen molar-refractivity contribution >= 4 is 16.9 Å². The molecule has 5 rings (SSSR count). The largest absolute Gasteiger partial charge is 0.446 e. The van der Waals surface area contributed by atoms with Crippen LogP contribution in [-0.4, -0.2) is 53.5 Å². The number of hydrogen-bond donors (Lipinski definition) is 2. The zero-order valence-electron chi connectivity index (χ0n) is 12.4. The summed E-state index contributed by atoms with van der Waals surface area (Å²) in [6.45, 7) is 3.76. The zero-order valence-corrected chi connectivity index (χ0v) is 12.4. The van der Waals surface area contributed by atoms with Crippen molar-refractivity contribution in [1.29, 1.82) is 0 Å². The van der Waals surface area contributed by atoms with Crippen LogP contribution in [0.25, 0.3) is 10.9 Å². The van der Waals surface area contributed by atoms with Crippen molar-refractivity contribution in [3.05, 3.63) is 30.0 Å². The number of ether oxygens (including phenoxy) is 1. The van der Waals surface area contributed by atoms with Crippen LogP contribution in [0.1, 0.15) is 23.2 Å². The first-order chi connectivity index (χ1) is 10.8. The average Bonchev–Trinajstić information content (AvgIpc) is 3.04. The molecule has 0 saturated carbocycles. The van der Waals surface area contributed by atoms with Gasteiger partial charge in [-0.1, -0.05) is 6.07 Å². The summed E-state index contributed by atoms with van der Waals surface area (Å²) < 4.78 is 5.41. The summed E-state index contributed by atoms with van der Waals surface area (Å²) in [6.07, 6.45) is 4.16. The summed E-state index contributed by atoms with van der Waals surface area (Å²) in [5.41, 5.74) is 1.40. The van der Waals surface area contributed by atoms with Crippen LogP contribution in [0.5, 0.6) is 0 Å². The van der Waals surface area contributed by atoms with E-state index in [1.807, 2.05) is 12.1 Å². The lowest BCUT2D eigenvalue weighted by molar-refractivity contribution is 0.0305. The van der Waals surface area contributed by atoms with Crippen molar-refractivity contribution in [3.8, 4) is 0 Å². The predicted octanol–water partition coefficient (Wildman–Crippen LogP) is 1.36. The predicted molar refractivity (Wildman–Crippen MR) is 82.5 cm³/mol. The second-order valence-electron chi connectivity index (χ2n) is 6.16. The average molecular weight is 300 g/mol. The van der Waals surface area contributed by atoms with Gasteiger partial charge in [-0.05, 0) is 44.0 Å². The minimum Gasteiger partial charge on any atom is -0.446 e. The number of aromatic amines is 1. The van der Waals surface area contributed by atoms with Gasteiger partial charge in [-0.3, -0.25) is 10.4 Å². The Hall–Kier alpha value is -1.92. The summed E-state index contributed by atoms with van der Waals surface area (Å²) in [4.78, 5) is 14.7. The first-order valence-electron chi connectivity index (χ1n) is 7.86. The molecule has 3 aliphatic heterocycles. The molecule has 22 heavy (non-hydrogen) atoms. The molecule has 6 heteroatoms. The van der Waals surface area contributed by atoms with Gasteiger partial charge >= 0.3 is 5.97 Å². The van der Waals surface area contributed by atoms with Gasteiger partial charge < -0.3 is 9.64 Å². The molecule has 0 radical (unpaired) electrons. The van der Waals surface area contributed by atoms with Gasteiger partial charge in [-0.15, -0.1) is 0 Å². The van der Waals surface area contributed by atoms with Crippen LogP contribution in [0.2, 0.25) is 0 Å². The maximum atomic E-state index is 12.2. The molecule has 3 saturated heterocycles. The molecular formula is C16H20N4O2. The molecule has 6 nitrogen and oxygen atoms in total. The van der Waals surface area contributed by atoms with Gasteiger partial charge in [0.1, 0.15) is 6.73 Å². The van der Waals surface area contributed by atoms with Crippen LogP contribution in [-0.2, 0) is 4.74 Å². The summed E-state index contributed by atoms with van der Waals surface area (Å²) >= 11 is 0. The maximum absolute atomic E-state index is 12.2. The molecule has 1 unspecified atom stereocenters. The molecule has 116 valence electrons. The quantitative estimate of drug-likeness (QED) is 0.659. The van der Waals surface area contributed by atoms with Crippen molar-refractivity contribution in [2.45, 2.75) is 18.9 Å². The number of fused-ring (bicyclic) bond motifs is 4. The fraction of sp³-hybridized carbons (Fsp3) is 0.500. The summed E-state index contributed by atoms with van der Waals surface area (Å²) in [5.74, 6) is 0.418. The van der Waals surface area contributed by atoms with Crippen molar-refractivity contribution < 1.29 is 9.53 Å². The van der Waals surface area contributed by atoms with E-state index in [1.54, 1.807) is 12.3 Å². The number of carbonyl (C=O) groups is 1. The van der Waals surface area contributed by atoms with E-state index >= 15 is 0 Å². The van der Waals surface area contributed by atoms with Gasteiger partial charge in [0.05, 0.1) is 17.3 Å². The first kappa shape index (κ1) is 13.7. The number of nitrogens with one attached hydrogen (secondary N) is 2. The highest BCUT2D eigenvalue weighted by atomic mass is 16.5. The second kappa shape index (κ2) is 5.70. The van der Waals surface area contributed by atoms with Gasteiger partial charge in [-0.25, -0.2) is 4.79 Å². The molecule has 0 aliphatic carbocycles. The fourth-order valence-corrected chi connectivity index (χ4v) is 3.63. The molecule has 4 heterocycles. The number of H-pyrrole nitrogens is 1. The molecule has 2 N–H and O–H groups in total. The lowest BCUT2D eigenvalue weighted by atomic mass is 9.84. The first-order valence-corrected chi connectivity index (χ1v) is 7.86. The molecule has 1 aromatic carbocycles. The van der Waals surface area contributed by atoms with Crippen LogP contribution in [0.15, 0.2) is 24.4 Å². The number of piperidine rings is 3. The van der Waals surface area contributed by atoms with E-state index < -0.39 is 0 Å². The summed E-state index contributed by atoms with van der Waals surface area (Å²) in [6, 6.07) is 5.94. The Morgan fingerprint density at radius 2 is 2.27 bits per heavy atom. The maximum Gasteiger partial charge on any atom is 0.340 e. The Morgan fingerprint density at radius 1 is 1.41 bits per heavy atom. The van der Waals surface area contributed by atoms with Gasteiger partial charge in [-0.2, -0.15) is 5.10 Å². The Labute approximate surface area is 128 Å². The molecule has 3 aliphatic rings. The fourth-order valence-electron chi connectivity index (χ4n) is 3.63. The van der Waals surface area contributed by atoms with Crippen LogP contribution < -0.4 is 5.32 Å². The van der Waals surface area contributed by atoms with Crippen LogP contribution >= 0.6 is 0 Å². The second-order valence-corrected chi connectivity index (χ2v) is 6.16. The minimum absolute atomic E-state index is 0.266. The third-order valence-corrected chi connectivity index (χ3v) is 4.91. The Kier molecular flexibility index (Phi) is 3.56. The van der Waals surface area contributed by atoms with E-state index in [9.17, 15) is 4.79 Å². The molecule has 3 fully saturated rings. The summed E-state index contributed by atoms with van der Waals surface area (Å²) in [7, 11) is 0. The normalized spacial score (nSPS) is 27.2. The SMILES string of the molecule is O=C(OCNC1CN2CCC1CC2)c1cccc2[nH]ncc12. The lowest BCUT2D eigenvalue weighted by Crippen LogP contribution is -2.56. The van der Waals surface area contributed by atoms with Crippen molar-refractivity contribution in [2.75, 3.05) is 26.4 Å². The number of rotatable bonds is 4. The number of aromatic nitrogens is 2. The molecular weight excluding hydrogens is 280 g/mol. The molecule has 2 aromatic rings. The van der Waals surface area contributed by atoms with Gasteiger partial charge in [0, 0.05) is 18.0 Å². The van der Waals surface area contributed by atoms with Crippen LogP contribution in [0.4, 0.5) is 0 Å². The van der Waals surface area contributed by atoms with E-state index in [4.69, 9.17) is 4.74 Å². The van der Waals surface area contributed by atoms with Crippen LogP contribution in [0, 0.1) is 5.92 Å². The van der Waals surface area contributed by atoms with E-state index in [1.165, 1.54) is 25.9 Å². The number of carbonyl (C=O) groups excluding carboxylic acids is 1. The standard InChI is InChI=1S/C16H20N4O2/c21-16(12-2-1-3-14-13(12)8-18-19-14)22-10-17-15-9-20-6-4-11(15)5-7-20/h1-3,8,11,15,17H,4-7,9-10H2,(H,18,19). The third-order valence-electron chi connectivity index (χ3n) is 4.91. The molecule has 0 amide bonds. The zero-order chi connectivity index (χ0) is 14.9. The van der Waals surface area contributed by atoms with Crippen molar-refractivity contribution in [3.63, 3.8) is 0 Å². The highest BCUT2D eigenvalue weighted by Gasteiger charge is 2.33. The van der Waals surface area contributed by atoms with Crippen molar-refractivity contribution in [1.82, 2.24) is 20.4 Å². The number of hydrogen-bond acceptors (Lipinski definition) is 5.